The van der Waals surface area contributed by atoms with E-state index in [0.717, 1.165) is 0 Å². The van der Waals surface area contributed by atoms with Gasteiger partial charge in [0.15, 0.2) is 0 Å². The standard InChI is InChI=1S/C2H3N3O3/c6-1-3-2(7)5(8)4-1/h8H,(H2,3,4,6,7). The molecule has 6 nitrogen and oxygen atoms in total. The van der Waals surface area contributed by atoms with E-state index in [2.05, 4.69) is 0 Å². The van der Waals surface area contributed by atoms with Gasteiger partial charge in [0.25, 0.3) is 0 Å². The largest absolute Gasteiger partial charge is 0.409 e. The average Bonchev–Trinajstić information content (AvgIpc) is 1.85. The molecule has 44 valence electrons. The van der Waals surface area contributed by atoms with Gasteiger partial charge in [0.2, 0.25) is 0 Å². The predicted octanol–water partition coefficient (Wildman–Crippen LogP) is -1.90. The van der Waals surface area contributed by atoms with E-state index < -0.39 is 11.4 Å². The average molecular weight is 117 g/mol. The van der Waals surface area contributed by atoms with Crippen molar-refractivity contribution in [3.8, 4) is 0 Å². The zero-order chi connectivity index (χ0) is 6.15. The van der Waals surface area contributed by atoms with Gasteiger partial charge in [-0.3, -0.25) is 4.98 Å². The summed E-state index contributed by atoms with van der Waals surface area (Å²) in [5.74, 6) is 0. The highest BCUT2D eigenvalue weighted by atomic mass is 16.5. The van der Waals surface area contributed by atoms with Gasteiger partial charge < -0.3 is 5.21 Å². The molecule has 1 heterocycles. The Hall–Kier alpha value is -1.46. The maximum atomic E-state index is 10.1. The Balaban J connectivity index is 3.59. The molecular weight excluding hydrogens is 114 g/mol. The minimum Gasteiger partial charge on any atom is -0.409 e. The van der Waals surface area contributed by atoms with E-state index in [4.69, 9.17) is 5.21 Å². The number of aromatic nitrogens is 3. The van der Waals surface area contributed by atoms with Crippen LogP contribution in [0.4, 0.5) is 0 Å². The third-order valence-electron chi connectivity index (χ3n) is 0.620. The number of hydrogen-bond donors (Lipinski definition) is 3. The van der Waals surface area contributed by atoms with Gasteiger partial charge in [0.1, 0.15) is 0 Å². The van der Waals surface area contributed by atoms with Crippen molar-refractivity contribution in [3.05, 3.63) is 21.0 Å². The highest BCUT2D eigenvalue weighted by molar-refractivity contribution is 4.55. The number of hydrogen-bond acceptors (Lipinski definition) is 3. The maximum Gasteiger partial charge on any atom is 0.378 e. The summed E-state index contributed by atoms with van der Waals surface area (Å²) >= 11 is 0. The van der Waals surface area contributed by atoms with Crippen molar-refractivity contribution in [2.45, 2.75) is 0 Å². The summed E-state index contributed by atoms with van der Waals surface area (Å²) in [7, 11) is 0. The summed E-state index contributed by atoms with van der Waals surface area (Å²) in [6, 6.07) is 0. The second-order valence-corrected chi connectivity index (χ2v) is 1.18. The molecule has 1 rings (SSSR count). The smallest absolute Gasteiger partial charge is 0.378 e. The number of aromatic amines is 2. The molecule has 3 N–H and O–H groups in total. The van der Waals surface area contributed by atoms with Crippen LogP contribution in [-0.4, -0.2) is 20.1 Å². The first-order chi connectivity index (χ1) is 3.70. The van der Waals surface area contributed by atoms with Gasteiger partial charge in [0, 0.05) is 0 Å². The molecule has 0 aromatic carbocycles. The fraction of sp³-hybridized carbons (Fsp3) is 0. The molecule has 0 fully saturated rings. The number of rotatable bonds is 0. The van der Waals surface area contributed by atoms with Crippen LogP contribution in [0.2, 0.25) is 0 Å². The molecule has 0 bridgehead atoms. The summed E-state index contributed by atoms with van der Waals surface area (Å²) in [5.41, 5.74) is -1.59. The van der Waals surface area contributed by atoms with Crippen LogP contribution in [-0.2, 0) is 0 Å². The fourth-order valence-electron chi connectivity index (χ4n) is 0.325. The van der Waals surface area contributed by atoms with Crippen molar-refractivity contribution in [1.82, 2.24) is 14.9 Å². The van der Waals surface area contributed by atoms with Crippen LogP contribution in [0.25, 0.3) is 0 Å². The Labute approximate surface area is 42.3 Å². The normalized spacial score (nSPS) is 9.50. The van der Waals surface area contributed by atoms with Gasteiger partial charge in [-0.2, -0.15) is 0 Å². The summed E-state index contributed by atoms with van der Waals surface area (Å²) in [6.07, 6.45) is 0. The lowest BCUT2D eigenvalue weighted by Gasteiger charge is -1.76. The van der Waals surface area contributed by atoms with Crippen LogP contribution >= 0.6 is 0 Å². The van der Waals surface area contributed by atoms with Gasteiger partial charge in [-0.05, 0) is 0 Å². The van der Waals surface area contributed by atoms with Crippen molar-refractivity contribution >= 4 is 0 Å². The number of H-pyrrole nitrogens is 2. The van der Waals surface area contributed by atoms with E-state index in [-0.39, 0.29) is 4.85 Å². The first-order valence-corrected chi connectivity index (χ1v) is 1.81. The maximum absolute atomic E-state index is 10.1. The molecule has 0 spiro atoms. The van der Waals surface area contributed by atoms with Gasteiger partial charge in [-0.25, -0.2) is 14.7 Å². The third kappa shape index (κ3) is 0.512. The minimum absolute atomic E-state index is 0.0718. The molecule has 1 aromatic heterocycles. The molecule has 0 radical (unpaired) electrons. The Morgan fingerprint density at radius 2 is 2.12 bits per heavy atom. The molecule has 0 saturated heterocycles. The van der Waals surface area contributed by atoms with Crippen LogP contribution in [0.3, 0.4) is 0 Å². The van der Waals surface area contributed by atoms with Crippen molar-refractivity contribution in [2.24, 2.45) is 0 Å². The van der Waals surface area contributed by atoms with E-state index in [1.165, 1.54) is 0 Å². The Bertz CT molecular complexity index is 277. The first-order valence-electron chi connectivity index (χ1n) is 1.81. The van der Waals surface area contributed by atoms with E-state index >= 15 is 0 Å². The first kappa shape index (κ1) is 4.69. The van der Waals surface area contributed by atoms with Gasteiger partial charge in [-0.1, -0.05) is 4.85 Å². The molecule has 0 saturated carbocycles. The van der Waals surface area contributed by atoms with E-state index in [0.29, 0.717) is 0 Å². The Morgan fingerprint density at radius 3 is 2.25 bits per heavy atom. The van der Waals surface area contributed by atoms with Crippen molar-refractivity contribution in [2.75, 3.05) is 0 Å². The van der Waals surface area contributed by atoms with Gasteiger partial charge >= 0.3 is 11.4 Å². The number of nitrogens with one attached hydrogen (secondary N) is 2. The third-order valence-corrected chi connectivity index (χ3v) is 0.620. The van der Waals surface area contributed by atoms with Crippen molar-refractivity contribution in [1.29, 1.82) is 0 Å². The monoisotopic (exact) mass is 117 g/mol. The molecule has 0 atom stereocenters. The highest BCUT2D eigenvalue weighted by Crippen LogP contribution is 1.44. The van der Waals surface area contributed by atoms with E-state index in [1.54, 1.807) is 10.1 Å². The molecule has 0 aliphatic rings. The lowest BCUT2D eigenvalue weighted by molar-refractivity contribution is 0.137. The summed E-state index contributed by atoms with van der Waals surface area (Å²) in [5, 5.41) is 10.0. The minimum atomic E-state index is -0.866. The SMILES string of the molecule is O=c1[nH]c(=O)n(O)[nH]1. The molecule has 0 amide bonds. The summed E-state index contributed by atoms with van der Waals surface area (Å²) in [6.45, 7) is 0. The van der Waals surface area contributed by atoms with Crippen LogP contribution in [0, 0.1) is 0 Å². The second-order valence-electron chi connectivity index (χ2n) is 1.18. The summed E-state index contributed by atoms with van der Waals surface area (Å²) in [4.78, 5) is 21.9. The molecule has 8 heavy (non-hydrogen) atoms. The number of nitrogens with zero attached hydrogens (tertiary/aromatic N) is 1. The predicted molar refractivity (Wildman–Crippen MR) is 22.9 cm³/mol. The Kier molecular flexibility index (Phi) is 0.736. The molecule has 0 aliphatic carbocycles. The van der Waals surface area contributed by atoms with E-state index in [9.17, 15) is 9.59 Å². The lowest BCUT2D eigenvalue weighted by Crippen LogP contribution is -2.14. The van der Waals surface area contributed by atoms with Gasteiger partial charge in [0.05, 0.1) is 0 Å². The van der Waals surface area contributed by atoms with Crippen LogP contribution in [0.5, 0.6) is 0 Å². The topological polar surface area (TPSA) is 90.9 Å². The van der Waals surface area contributed by atoms with Gasteiger partial charge in [-0.15, -0.1) is 0 Å². The Morgan fingerprint density at radius 1 is 1.50 bits per heavy atom. The van der Waals surface area contributed by atoms with Crippen LogP contribution < -0.4 is 11.4 Å². The van der Waals surface area contributed by atoms with E-state index in [1.807, 2.05) is 0 Å². The lowest BCUT2D eigenvalue weighted by atomic mass is 11.2. The molecule has 0 unspecified atom stereocenters. The molecule has 6 heteroatoms. The molecule has 0 aliphatic heterocycles. The molecule has 1 aromatic rings. The zero-order valence-electron chi connectivity index (χ0n) is 3.71. The second kappa shape index (κ2) is 1.25. The van der Waals surface area contributed by atoms with Crippen LogP contribution in [0.15, 0.2) is 9.59 Å². The highest BCUT2D eigenvalue weighted by Gasteiger charge is 1.91. The van der Waals surface area contributed by atoms with Crippen molar-refractivity contribution in [3.63, 3.8) is 0 Å². The zero-order valence-corrected chi connectivity index (χ0v) is 3.71. The van der Waals surface area contributed by atoms with Crippen LogP contribution in [0.1, 0.15) is 0 Å². The quantitative estimate of drug-likeness (QED) is 0.347. The molecular formula is C2H3N3O3. The summed E-state index contributed by atoms with van der Waals surface area (Å²) < 4.78 is 0. The van der Waals surface area contributed by atoms with Crippen molar-refractivity contribution < 1.29 is 5.21 Å². The fourth-order valence-corrected chi connectivity index (χ4v) is 0.325.